The minimum absolute atomic E-state index is 0.309. The van der Waals surface area contributed by atoms with Gasteiger partial charge in [0, 0.05) is 12.4 Å². The minimum atomic E-state index is 0.309. The van der Waals surface area contributed by atoms with Gasteiger partial charge < -0.3 is 8.83 Å². The second-order valence-corrected chi connectivity index (χ2v) is 4.10. The standard InChI is InChI=1S/C14H8N4O2/c1-2-5-11-9(4-1)17-14(20-11)13-18-10(8-19-13)12-15-6-3-7-16-12/h1-8H. The van der Waals surface area contributed by atoms with E-state index in [4.69, 9.17) is 8.83 Å². The maximum atomic E-state index is 5.60. The highest BCUT2D eigenvalue weighted by Crippen LogP contribution is 2.25. The molecule has 1 aromatic carbocycles. The molecule has 0 aliphatic rings. The van der Waals surface area contributed by atoms with E-state index in [1.165, 1.54) is 6.26 Å². The molecule has 0 unspecified atom stereocenters. The average molecular weight is 264 g/mol. The van der Waals surface area contributed by atoms with Crippen molar-refractivity contribution in [3.63, 3.8) is 0 Å². The molecular weight excluding hydrogens is 256 g/mol. The first-order valence-electron chi connectivity index (χ1n) is 5.99. The fourth-order valence-electron chi connectivity index (χ4n) is 1.87. The zero-order valence-corrected chi connectivity index (χ0v) is 10.2. The van der Waals surface area contributed by atoms with Crippen molar-refractivity contribution >= 4 is 11.1 Å². The van der Waals surface area contributed by atoms with Crippen LogP contribution in [0.4, 0.5) is 0 Å². The zero-order valence-electron chi connectivity index (χ0n) is 10.2. The lowest BCUT2D eigenvalue weighted by molar-refractivity contribution is 0.527. The Morgan fingerprint density at radius 2 is 1.70 bits per heavy atom. The summed E-state index contributed by atoms with van der Waals surface area (Å²) in [4.78, 5) is 16.9. The summed E-state index contributed by atoms with van der Waals surface area (Å²) in [5.41, 5.74) is 2.00. The van der Waals surface area contributed by atoms with Gasteiger partial charge in [0.05, 0.1) is 0 Å². The molecule has 6 nitrogen and oxygen atoms in total. The Bertz CT molecular complexity index is 834. The molecule has 0 aliphatic carbocycles. The smallest absolute Gasteiger partial charge is 0.284 e. The summed E-state index contributed by atoms with van der Waals surface area (Å²) in [7, 11) is 0. The van der Waals surface area contributed by atoms with Crippen molar-refractivity contribution < 1.29 is 8.83 Å². The lowest BCUT2D eigenvalue weighted by atomic mass is 10.3. The van der Waals surface area contributed by atoms with Crippen molar-refractivity contribution in [3.05, 3.63) is 49.0 Å². The molecule has 6 heteroatoms. The topological polar surface area (TPSA) is 77.8 Å². The van der Waals surface area contributed by atoms with Crippen molar-refractivity contribution in [3.8, 4) is 23.3 Å². The fourth-order valence-corrected chi connectivity index (χ4v) is 1.87. The highest BCUT2D eigenvalue weighted by atomic mass is 16.4. The van der Waals surface area contributed by atoms with Gasteiger partial charge in [0.25, 0.3) is 11.8 Å². The number of aromatic nitrogens is 4. The lowest BCUT2D eigenvalue weighted by Crippen LogP contribution is -1.86. The van der Waals surface area contributed by atoms with Crippen LogP contribution in [0.1, 0.15) is 0 Å². The van der Waals surface area contributed by atoms with Gasteiger partial charge in [-0.3, -0.25) is 0 Å². The van der Waals surface area contributed by atoms with E-state index in [0.717, 1.165) is 5.52 Å². The van der Waals surface area contributed by atoms with Crippen LogP contribution < -0.4 is 0 Å². The van der Waals surface area contributed by atoms with E-state index in [2.05, 4.69) is 19.9 Å². The highest BCUT2D eigenvalue weighted by molar-refractivity contribution is 5.74. The Kier molecular flexibility index (Phi) is 2.32. The number of para-hydroxylation sites is 2. The maximum Gasteiger partial charge on any atom is 0.284 e. The molecule has 3 heterocycles. The molecule has 20 heavy (non-hydrogen) atoms. The van der Waals surface area contributed by atoms with Crippen LogP contribution >= 0.6 is 0 Å². The summed E-state index contributed by atoms with van der Waals surface area (Å²) in [6.45, 7) is 0. The van der Waals surface area contributed by atoms with Crippen LogP contribution in [0.3, 0.4) is 0 Å². The van der Waals surface area contributed by atoms with E-state index in [1.54, 1.807) is 18.5 Å². The fraction of sp³-hybridized carbons (Fsp3) is 0. The molecule has 0 bridgehead atoms. The number of benzene rings is 1. The Labute approximate surface area is 113 Å². The molecule has 0 saturated heterocycles. The van der Waals surface area contributed by atoms with Gasteiger partial charge in [-0.2, -0.15) is 0 Å². The summed E-state index contributed by atoms with van der Waals surface area (Å²) in [6, 6.07) is 9.23. The maximum absolute atomic E-state index is 5.60. The SMILES string of the molecule is c1cnc(-c2coc(-c3nc4ccccc4o3)n2)nc1. The zero-order chi connectivity index (χ0) is 13.4. The lowest BCUT2D eigenvalue weighted by Gasteiger charge is -1.89. The summed E-state index contributed by atoms with van der Waals surface area (Å²) in [5, 5.41) is 0. The van der Waals surface area contributed by atoms with Crippen molar-refractivity contribution in [1.82, 2.24) is 19.9 Å². The number of nitrogens with zero attached hydrogens (tertiary/aromatic N) is 4. The van der Waals surface area contributed by atoms with Crippen LogP contribution in [0.5, 0.6) is 0 Å². The first-order chi connectivity index (χ1) is 9.90. The Balaban J connectivity index is 1.78. The van der Waals surface area contributed by atoms with Crippen LogP contribution in [0.15, 0.2) is 57.8 Å². The van der Waals surface area contributed by atoms with Gasteiger partial charge in [0.15, 0.2) is 11.4 Å². The molecule has 3 aromatic heterocycles. The molecule has 0 saturated carbocycles. The van der Waals surface area contributed by atoms with E-state index in [1.807, 2.05) is 24.3 Å². The van der Waals surface area contributed by atoms with Crippen LogP contribution in [0.2, 0.25) is 0 Å². The number of hydrogen-bond donors (Lipinski definition) is 0. The molecule has 0 spiro atoms. The van der Waals surface area contributed by atoms with Gasteiger partial charge in [-0.25, -0.2) is 19.9 Å². The Morgan fingerprint density at radius 3 is 2.55 bits per heavy atom. The third-order valence-corrected chi connectivity index (χ3v) is 2.78. The van der Waals surface area contributed by atoms with Gasteiger partial charge in [0.1, 0.15) is 17.5 Å². The monoisotopic (exact) mass is 264 g/mol. The van der Waals surface area contributed by atoms with Crippen molar-refractivity contribution in [2.24, 2.45) is 0 Å². The average Bonchev–Trinajstić information content (AvgIpc) is 3.14. The van der Waals surface area contributed by atoms with Crippen molar-refractivity contribution in [1.29, 1.82) is 0 Å². The summed E-state index contributed by atoms with van der Waals surface area (Å²) < 4.78 is 11.0. The van der Waals surface area contributed by atoms with Crippen LogP contribution in [0.25, 0.3) is 34.4 Å². The molecule has 0 radical (unpaired) electrons. The molecule has 4 aromatic rings. The van der Waals surface area contributed by atoms with Gasteiger partial charge in [0.2, 0.25) is 0 Å². The molecule has 4 rings (SSSR count). The molecule has 0 N–H and O–H groups in total. The molecular formula is C14H8N4O2. The van der Waals surface area contributed by atoms with Gasteiger partial charge >= 0.3 is 0 Å². The summed E-state index contributed by atoms with van der Waals surface area (Å²) >= 11 is 0. The normalized spacial score (nSPS) is 11.0. The first kappa shape index (κ1) is 10.9. The van der Waals surface area contributed by atoms with Gasteiger partial charge in [-0.1, -0.05) is 12.1 Å². The van der Waals surface area contributed by atoms with Crippen molar-refractivity contribution in [2.45, 2.75) is 0 Å². The largest absolute Gasteiger partial charge is 0.440 e. The van der Waals surface area contributed by atoms with E-state index in [0.29, 0.717) is 28.9 Å². The third-order valence-electron chi connectivity index (χ3n) is 2.78. The minimum Gasteiger partial charge on any atom is -0.440 e. The quantitative estimate of drug-likeness (QED) is 0.554. The summed E-state index contributed by atoms with van der Waals surface area (Å²) in [6.07, 6.45) is 4.78. The third kappa shape index (κ3) is 1.74. The second kappa shape index (κ2) is 4.27. The number of hydrogen-bond acceptors (Lipinski definition) is 6. The van der Waals surface area contributed by atoms with Crippen LogP contribution in [-0.2, 0) is 0 Å². The molecule has 0 atom stereocenters. The Morgan fingerprint density at radius 1 is 0.850 bits per heavy atom. The van der Waals surface area contributed by atoms with E-state index >= 15 is 0 Å². The second-order valence-electron chi connectivity index (χ2n) is 4.10. The molecule has 0 aliphatic heterocycles. The van der Waals surface area contributed by atoms with E-state index in [9.17, 15) is 0 Å². The predicted molar refractivity (Wildman–Crippen MR) is 70.5 cm³/mol. The highest BCUT2D eigenvalue weighted by Gasteiger charge is 2.15. The number of rotatable bonds is 2. The molecule has 0 fully saturated rings. The van der Waals surface area contributed by atoms with Gasteiger partial charge in [-0.05, 0) is 18.2 Å². The van der Waals surface area contributed by atoms with Crippen molar-refractivity contribution in [2.75, 3.05) is 0 Å². The van der Waals surface area contributed by atoms with Crippen LogP contribution in [0, 0.1) is 0 Å². The van der Waals surface area contributed by atoms with Gasteiger partial charge in [-0.15, -0.1) is 0 Å². The van der Waals surface area contributed by atoms with E-state index in [-0.39, 0.29) is 0 Å². The first-order valence-corrected chi connectivity index (χ1v) is 5.99. The Hall–Kier alpha value is -3.02. The number of fused-ring (bicyclic) bond motifs is 1. The number of oxazole rings is 2. The van der Waals surface area contributed by atoms with E-state index < -0.39 is 0 Å². The molecule has 96 valence electrons. The van der Waals surface area contributed by atoms with Crippen LogP contribution in [-0.4, -0.2) is 19.9 Å². The predicted octanol–water partition coefficient (Wildman–Crippen LogP) is 2.94. The summed E-state index contributed by atoms with van der Waals surface area (Å²) in [5.74, 6) is 1.15. The molecule has 0 amide bonds.